The molecule has 5 nitrogen and oxygen atoms in total. The van der Waals surface area contributed by atoms with E-state index in [1.807, 2.05) is 4.90 Å². The van der Waals surface area contributed by atoms with Crippen LogP contribution in [0.4, 0.5) is 14.7 Å². The molecule has 1 saturated heterocycles. The molecule has 2 heterocycles. The molecule has 0 spiro atoms. The van der Waals surface area contributed by atoms with Crippen LogP contribution in [-0.2, 0) is 0 Å². The van der Waals surface area contributed by atoms with E-state index in [1.54, 1.807) is 0 Å². The van der Waals surface area contributed by atoms with Gasteiger partial charge in [0.2, 0.25) is 11.2 Å². The predicted octanol–water partition coefficient (Wildman–Crippen LogP) is 3.20. The maximum Gasteiger partial charge on any atom is 0.328 e. The molecule has 1 fully saturated rings. The summed E-state index contributed by atoms with van der Waals surface area (Å²) in [4.78, 5) is 13.9. The molecule has 110 valence electrons. The van der Waals surface area contributed by atoms with E-state index in [4.69, 9.17) is 16.3 Å². The highest BCUT2D eigenvalue weighted by atomic mass is 35.5. The standard InChI is InChI=1S/C13H11ClF2N4O/c14-11-17-12(20-3-1-2-4-20)19-13(18-11)21-10-6-8(15)5-9(16)7-10/h5-7H,1-4H2. The summed E-state index contributed by atoms with van der Waals surface area (Å²) in [6.45, 7) is 1.66. The van der Waals surface area contributed by atoms with Crippen molar-refractivity contribution in [1.29, 1.82) is 0 Å². The summed E-state index contributed by atoms with van der Waals surface area (Å²) in [6.07, 6.45) is 2.10. The van der Waals surface area contributed by atoms with Gasteiger partial charge >= 0.3 is 6.01 Å². The van der Waals surface area contributed by atoms with Crippen LogP contribution < -0.4 is 9.64 Å². The van der Waals surface area contributed by atoms with Gasteiger partial charge in [-0.1, -0.05) is 0 Å². The largest absolute Gasteiger partial charge is 0.424 e. The number of benzene rings is 1. The quantitative estimate of drug-likeness (QED) is 0.871. The second kappa shape index (κ2) is 5.77. The predicted molar refractivity (Wildman–Crippen MR) is 72.7 cm³/mol. The first-order valence-electron chi connectivity index (χ1n) is 6.40. The fourth-order valence-corrected chi connectivity index (χ4v) is 2.27. The Morgan fingerprint density at radius 2 is 1.67 bits per heavy atom. The molecule has 0 N–H and O–H groups in total. The van der Waals surface area contributed by atoms with Gasteiger partial charge in [0.05, 0.1) is 0 Å². The number of hydrogen-bond acceptors (Lipinski definition) is 5. The Morgan fingerprint density at radius 1 is 1.00 bits per heavy atom. The summed E-state index contributed by atoms with van der Waals surface area (Å²) in [6, 6.07) is 2.73. The van der Waals surface area contributed by atoms with Gasteiger partial charge in [-0.15, -0.1) is 0 Å². The monoisotopic (exact) mass is 312 g/mol. The van der Waals surface area contributed by atoms with Gasteiger partial charge in [-0.05, 0) is 24.4 Å². The topological polar surface area (TPSA) is 51.1 Å². The minimum Gasteiger partial charge on any atom is -0.424 e. The van der Waals surface area contributed by atoms with E-state index in [2.05, 4.69) is 15.0 Å². The van der Waals surface area contributed by atoms with Gasteiger partial charge < -0.3 is 9.64 Å². The van der Waals surface area contributed by atoms with E-state index in [9.17, 15) is 8.78 Å². The SMILES string of the molecule is Fc1cc(F)cc(Oc2nc(Cl)nc(N3CCCC3)n2)c1. The highest BCUT2D eigenvalue weighted by molar-refractivity contribution is 6.28. The molecule has 0 amide bonds. The minimum absolute atomic E-state index is 0.0289. The van der Waals surface area contributed by atoms with Gasteiger partial charge in [-0.2, -0.15) is 15.0 Å². The molecule has 2 aromatic rings. The first-order chi connectivity index (χ1) is 10.1. The van der Waals surface area contributed by atoms with Gasteiger partial charge in [-0.25, -0.2) is 8.78 Å². The third-order valence-electron chi connectivity index (χ3n) is 3.01. The smallest absolute Gasteiger partial charge is 0.328 e. The molecule has 0 saturated carbocycles. The first kappa shape index (κ1) is 13.9. The lowest BCUT2D eigenvalue weighted by molar-refractivity contribution is 0.430. The minimum atomic E-state index is -0.745. The molecule has 0 unspecified atom stereocenters. The van der Waals surface area contributed by atoms with Crippen LogP contribution in [0.5, 0.6) is 11.8 Å². The highest BCUT2D eigenvalue weighted by Gasteiger charge is 2.18. The van der Waals surface area contributed by atoms with E-state index >= 15 is 0 Å². The van der Waals surface area contributed by atoms with Crippen LogP contribution in [0.1, 0.15) is 12.8 Å². The van der Waals surface area contributed by atoms with E-state index in [0.717, 1.165) is 44.1 Å². The Balaban J connectivity index is 1.87. The molecule has 0 atom stereocenters. The van der Waals surface area contributed by atoms with Crippen LogP contribution in [0.2, 0.25) is 5.28 Å². The van der Waals surface area contributed by atoms with Crippen LogP contribution >= 0.6 is 11.6 Å². The second-order valence-electron chi connectivity index (χ2n) is 4.59. The number of anilines is 1. The molecule has 3 rings (SSSR count). The zero-order chi connectivity index (χ0) is 14.8. The summed E-state index contributed by atoms with van der Waals surface area (Å²) >= 11 is 5.84. The lowest BCUT2D eigenvalue weighted by Gasteiger charge is -2.15. The lowest BCUT2D eigenvalue weighted by atomic mass is 10.3. The highest BCUT2D eigenvalue weighted by Crippen LogP contribution is 2.24. The van der Waals surface area contributed by atoms with E-state index in [-0.39, 0.29) is 17.0 Å². The van der Waals surface area contributed by atoms with Crippen molar-refractivity contribution in [2.75, 3.05) is 18.0 Å². The van der Waals surface area contributed by atoms with Crippen molar-refractivity contribution in [1.82, 2.24) is 15.0 Å². The number of aromatic nitrogens is 3. The first-order valence-corrected chi connectivity index (χ1v) is 6.78. The number of halogens is 3. The van der Waals surface area contributed by atoms with Crippen molar-refractivity contribution >= 4 is 17.5 Å². The average Bonchev–Trinajstić information content (AvgIpc) is 2.90. The molecule has 0 bridgehead atoms. The van der Waals surface area contributed by atoms with Crippen LogP contribution in [0.3, 0.4) is 0 Å². The van der Waals surface area contributed by atoms with Crippen molar-refractivity contribution in [3.8, 4) is 11.8 Å². The van der Waals surface area contributed by atoms with E-state index in [1.165, 1.54) is 0 Å². The van der Waals surface area contributed by atoms with Crippen molar-refractivity contribution in [2.24, 2.45) is 0 Å². The Labute approximate surface area is 124 Å². The van der Waals surface area contributed by atoms with Crippen LogP contribution in [0.15, 0.2) is 18.2 Å². The van der Waals surface area contributed by atoms with Crippen LogP contribution in [0, 0.1) is 11.6 Å². The fourth-order valence-electron chi connectivity index (χ4n) is 2.12. The molecule has 1 aliphatic heterocycles. The van der Waals surface area contributed by atoms with Gasteiger partial charge in [0.25, 0.3) is 0 Å². The molecule has 8 heteroatoms. The van der Waals surface area contributed by atoms with Crippen molar-refractivity contribution in [3.63, 3.8) is 0 Å². The maximum absolute atomic E-state index is 13.1. The molecular formula is C13H11ClF2N4O. The Morgan fingerprint density at radius 3 is 2.33 bits per heavy atom. The van der Waals surface area contributed by atoms with Crippen LogP contribution in [-0.4, -0.2) is 28.0 Å². The third-order valence-corrected chi connectivity index (χ3v) is 3.18. The summed E-state index contributed by atoms with van der Waals surface area (Å²) in [5.74, 6) is -1.13. The number of ether oxygens (including phenoxy) is 1. The molecular weight excluding hydrogens is 302 g/mol. The van der Waals surface area contributed by atoms with Gasteiger partial charge in [-0.3, -0.25) is 0 Å². The average molecular weight is 313 g/mol. The number of nitrogens with zero attached hydrogens (tertiary/aromatic N) is 4. The van der Waals surface area contributed by atoms with Gasteiger partial charge in [0.1, 0.15) is 17.4 Å². The normalized spacial score (nSPS) is 14.5. The van der Waals surface area contributed by atoms with E-state index in [0.29, 0.717) is 5.95 Å². The maximum atomic E-state index is 13.1. The summed E-state index contributed by atoms with van der Waals surface area (Å²) in [7, 11) is 0. The van der Waals surface area contributed by atoms with Crippen molar-refractivity contribution in [3.05, 3.63) is 35.1 Å². The van der Waals surface area contributed by atoms with E-state index < -0.39 is 11.6 Å². The van der Waals surface area contributed by atoms with Crippen LogP contribution in [0.25, 0.3) is 0 Å². The van der Waals surface area contributed by atoms with Gasteiger partial charge in [0.15, 0.2) is 0 Å². The Hall–Kier alpha value is -2.02. The fraction of sp³-hybridized carbons (Fsp3) is 0.308. The number of rotatable bonds is 3. The summed E-state index contributed by atoms with van der Waals surface area (Å²) in [5.41, 5.74) is 0. The Bertz CT molecular complexity index is 644. The second-order valence-corrected chi connectivity index (χ2v) is 4.93. The zero-order valence-corrected chi connectivity index (χ0v) is 11.6. The summed E-state index contributed by atoms with van der Waals surface area (Å²) in [5, 5.41) is -0.0289. The van der Waals surface area contributed by atoms with Gasteiger partial charge in [0, 0.05) is 31.3 Å². The third kappa shape index (κ3) is 3.36. The molecule has 21 heavy (non-hydrogen) atoms. The summed E-state index contributed by atoms with van der Waals surface area (Å²) < 4.78 is 31.5. The van der Waals surface area contributed by atoms with Crippen molar-refractivity contribution < 1.29 is 13.5 Å². The molecule has 0 radical (unpaired) electrons. The van der Waals surface area contributed by atoms with Crippen molar-refractivity contribution in [2.45, 2.75) is 12.8 Å². The molecule has 1 aliphatic rings. The molecule has 1 aromatic heterocycles. The lowest BCUT2D eigenvalue weighted by Crippen LogP contribution is -2.21. The molecule has 0 aliphatic carbocycles. The zero-order valence-electron chi connectivity index (χ0n) is 10.9. The molecule has 1 aromatic carbocycles. The number of hydrogen-bond donors (Lipinski definition) is 0. The Kier molecular flexibility index (Phi) is 3.83.